The fourth-order valence-corrected chi connectivity index (χ4v) is 2.80. The summed E-state index contributed by atoms with van der Waals surface area (Å²) in [5, 5.41) is 2.68. The minimum Gasteiger partial charge on any atom is -0.482 e. The maximum Gasteiger partial charge on any atom is 0.344 e. The van der Waals surface area contributed by atoms with Crippen molar-refractivity contribution >= 4 is 23.3 Å². The molecule has 3 aromatic rings. The van der Waals surface area contributed by atoms with E-state index in [0.29, 0.717) is 22.6 Å². The average molecular weight is 417 g/mol. The molecule has 6 heteroatoms. The molecular formula is C25H23NO5. The number of aryl methyl sites for hydroxylation is 2. The number of amides is 1. The second kappa shape index (κ2) is 10.2. The van der Waals surface area contributed by atoms with Crippen molar-refractivity contribution in [3.63, 3.8) is 0 Å². The van der Waals surface area contributed by atoms with Crippen molar-refractivity contribution in [1.29, 1.82) is 0 Å². The molecule has 6 nitrogen and oxygen atoms in total. The summed E-state index contributed by atoms with van der Waals surface area (Å²) in [7, 11) is 0. The zero-order chi connectivity index (χ0) is 22.2. The topological polar surface area (TPSA) is 81.7 Å². The van der Waals surface area contributed by atoms with E-state index in [1.54, 1.807) is 54.6 Å². The first kappa shape index (κ1) is 21.8. The van der Waals surface area contributed by atoms with E-state index in [2.05, 4.69) is 5.32 Å². The van der Waals surface area contributed by atoms with Crippen LogP contribution in [0.1, 0.15) is 27.0 Å². The monoisotopic (exact) mass is 417 g/mol. The highest BCUT2D eigenvalue weighted by atomic mass is 16.6. The molecule has 1 N–H and O–H groups in total. The van der Waals surface area contributed by atoms with Crippen LogP contribution in [0.5, 0.6) is 5.75 Å². The van der Waals surface area contributed by atoms with Crippen molar-refractivity contribution in [3.8, 4) is 5.75 Å². The van der Waals surface area contributed by atoms with Gasteiger partial charge in [0.15, 0.2) is 19.0 Å². The molecule has 0 spiro atoms. The van der Waals surface area contributed by atoms with Crippen molar-refractivity contribution in [1.82, 2.24) is 0 Å². The molecule has 31 heavy (non-hydrogen) atoms. The molecule has 0 heterocycles. The summed E-state index contributed by atoms with van der Waals surface area (Å²) in [6.45, 7) is 3.19. The molecule has 3 rings (SSSR count). The fourth-order valence-electron chi connectivity index (χ4n) is 2.80. The molecule has 0 saturated heterocycles. The van der Waals surface area contributed by atoms with Crippen LogP contribution in [0.25, 0.3) is 0 Å². The second-order valence-electron chi connectivity index (χ2n) is 7.02. The third-order valence-electron chi connectivity index (χ3n) is 4.66. The first-order chi connectivity index (χ1) is 14.9. The molecule has 0 saturated carbocycles. The summed E-state index contributed by atoms with van der Waals surface area (Å²) in [6, 6.07) is 21.0. The molecule has 0 aliphatic rings. The van der Waals surface area contributed by atoms with Crippen LogP contribution in [0.4, 0.5) is 5.69 Å². The van der Waals surface area contributed by atoms with Crippen molar-refractivity contribution in [2.75, 3.05) is 18.5 Å². The van der Waals surface area contributed by atoms with Gasteiger partial charge in [-0.15, -0.1) is 0 Å². The van der Waals surface area contributed by atoms with Crippen LogP contribution in [-0.4, -0.2) is 30.9 Å². The lowest BCUT2D eigenvalue weighted by atomic mass is 10.0. The maximum atomic E-state index is 12.4. The third-order valence-corrected chi connectivity index (χ3v) is 4.66. The standard InChI is InChI=1S/C25H23NO5/c1-17-8-11-21(14-18(17)2)26-23(27)15-31-24(28)16-30-22-12-9-20(10-13-22)25(29)19-6-4-3-5-7-19/h3-14H,15-16H2,1-2H3,(H,26,27). The molecule has 0 aliphatic carbocycles. The summed E-state index contributed by atoms with van der Waals surface area (Å²) < 4.78 is 10.3. The number of ketones is 1. The van der Waals surface area contributed by atoms with E-state index in [0.717, 1.165) is 11.1 Å². The van der Waals surface area contributed by atoms with E-state index in [-0.39, 0.29) is 12.4 Å². The molecule has 3 aromatic carbocycles. The van der Waals surface area contributed by atoms with Gasteiger partial charge in [-0.1, -0.05) is 36.4 Å². The Balaban J connectivity index is 1.43. The zero-order valence-electron chi connectivity index (χ0n) is 17.4. The van der Waals surface area contributed by atoms with Crippen LogP contribution in [0.3, 0.4) is 0 Å². The van der Waals surface area contributed by atoms with Gasteiger partial charge in [-0.3, -0.25) is 9.59 Å². The predicted molar refractivity (Wildman–Crippen MR) is 117 cm³/mol. The summed E-state index contributed by atoms with van der Waals surface area (Å²) in [5.41, 5.74) is 3.94. The van der Waals surface area contributed by atoms with Gasteiger partial charge in [0.1, 0.15) is 5.75 Å². The van der Waals surface area contributed by atoms with Crippen molar-refractivity contribution < 1.29 is 23.9 Å². The number of nitrogens with one attached hydrogen (secondary N) is 1. The number of anilines is 1. The Morgan fingerprint density at radius 2 is 1.45 bits per heavy atom. The van der Waals surface area contributed by atoms with E-state index in [4.69, 9.17) is 9.47 Å². The number of carbonyl (C=O) groups is 3. The van der Waals surface area contributed by atoms with Gasteiger partial charge in [-0.25, -0.2) is 4.79 Å². The molecule has 0 unspecified atom stereocenters. The van der Waals surface area contributed by atoms with Gasteiger partial charge in [0.05, 0.1) is 0 Å². The number of ether oxygens (including phenoxy) is 2. The van der Waals surface area contributed by atoms with Crippen LogP contribution in [-0.2, 0) is 14.3 Å². The minimum absolute atomic E-state index is 0.0960. The van der Waals surface area contributed by atoms with Crippen molar-refractivity contribution in [2.45, 2.75) is 13.8 Å². The quantitative estimate of drug-likeness (QED) is 0.441. The molecule has 0 fully saturated rings. The summed E-state index contributed by atoms with van der Waals surface area (Å²) in [5.74, 6) is -0.775. The second-order valence-corrected chi connectivity index (χ2v) is 7.02. The molecule has 1 amide bonds. The lowest BCUT2D eigenvalue weighted by Crippen LogP contribution is -2.23. The van der Waals surface area contributed by atoms with Crippen molar-refractivity contribution in [3.05, 3.63) is 95.1 Å². The number of esters is 1. The highest BCUT2D eigenvalue weighted by molar-refractivity contribution is 6.09. The van der Waals surface area contributed by atoms with Gasteiger partial charge < -0.3 is 14.8 Å². The minimum atomic E-state index is -0.667. The Bertz CT molecular complexity index is 1070. The third kappa shape index (κ3) is 6.27. The number of carbonyl (C=O) groups excluding carboxylic acids is 3. The lowest BCUT2D eigenvalue weighted by Gasteiger charge is -2.09. The largest absolute Gasteiger partial charge is 0.482 e. The molecule has 0 radical (unpaired) electrons. The van der Waals surface area contributed by atoms with Gasteiger partial charge in [-0.2, -0.15) is 0 Å². The van der Waals surface area contributed by atoms with E-state index in [9.17, 15) is 14.4 Å². The Labute approximate surface area is 180 Å². The normalized spacial score (nSPS) is 10.3. The smallest absolute Gasteiger partial charge is 0.344 e. The van der Waals surface area contributed by atoms with Crippen LogP contribution in [0.15, 0.2) is 72.8 Å². The van der Waals surface area contributed by atoms with Gasteiger partial charge >= 0.3 is 5.97 Å². The Kier molecular flexibility index (Phi) is 7.17. The number of benzene rings is 3. The first-order valence-corrected chi connectivity index (χ1v) is 9.78. The first-order valence-electron chi connectivity index (χ1n) is 9.78. The van der Waals surface area contributed by atoms with E-state index in [1.807, 2.05) is 32.0 Å². The van der Waals surface area contributed by atoms with Gasteiger partial charge in [-0.05, 0) is 61.4 Å². The Morgan fingerprint density at radius 3 is 2.13 bits per heavy atom. The molecular weight excluding hydrogens is 394 g/mol. The Hall–Kier alpha value is -3.93. The maximum absolute atomic E-state index is 12.4. The van der Waals surface area contributed by atoms with Gasteiger partial charge in [0, 0.05) is 16.8 Å². The predicted octanol–water partition coefficient (Wildman–Crippen LogP) is 4.10. The van der Waals surface area contributed by atoms with Crippen LogP contribution < -0.4 is 10.1 Å². The van der Waals surface area contributed by atoms with Crippen LogP contribution in [0, 0.1) is 13.8 Å². The summed E-state index contributed by atoms with van der Waals surface area (Å²) >= 11 is 0. The number of rotatable bonds is 8. The van der Waals surface area contributed by atoms with E-state index >= 15 is 0 Å². The van der Waals surface area contributed by atoms with Crippen LogP contribution >= 0.6 is 0 Å². The molecule has 158 valence electrons. The van der Waals surface area contributed by atoms with Crippen LogP contribution in [0.2, 0.25) is 0 Å². The zero-order valence-corrected chi connectivity index (χ0v) is 17.4. The SMILES string of the molecule is Cc1ccc(NC(=O)COC(=O)COc2ccc(C(=O)c3ccccc3)cc2)cc1C. The molecule has 0 aliphatic heterocycles. The molecule has 0 atom stereocenters. The Morgan fingerprint density at radius 1 is 0.774 bits per heavy atom. The average Bonchev–Trinajstić information content (AvgIpc) is 2.79. The van der Waals surface area contributed by atoms with Crippen molar-refractivity contribution in [2.24, 2.45) is 0 Å². The van der Waals surface area contributed by atoms with E-state index in [1.165, 1.54) is 0 Å². The van der Waals surface area contributed by atoms with E-state index < -0.39 is 18.5 Å². The highest BCUT2D eigenvalue weighted by Crippen LogP contribution is 2.16. The lowest BCUT2D eigenvalue weighted by molar-refractivity contribution is -0.149. The summed E-state index contributed by atoms with van der Waals surface area (Å²) in [6.07, 6.45) is 0. The van der Waals surface area contributed by atoms with Gasteiger partial charge in [0.25, 0.3) is 5.91 Å². The fraction of sp³-hybridized carbons (Fsp3) is 0.160. The molecule has 0 aromatic heterocycles. The highest BCUT2D eigenvalue weighted by Gasteiger charge is 2.11. The number of hydrogen-bond donors (Lipinski definition) is 1. The molecule has 0 bridgehead atoms. The van der Waals surface area contributed by atoms with Gasteiger partial charge in [0.2, 0.25) is 0 Å². The number of hydrogen-bond acceptors (Lipinski definition) is 5. The summed E-state index contributed by atoms with van der Waals surface area (Å²) in [4.78, 5) is 36.2.